The van der Waals surface area contributed by atoms with Gasteiger partial charge in [-0.05, 0) is 57.0 Å². The number of amides is 1. The first-order valence-corrected chi connectivity index (χ1v) is 12.6. The number of piperidine rings is 1. The van der Waals surface area contributed by atoms with Crippen LogP contribution in [0.15, 0.2) is 24.8 Å². The average Bonchev–Trinajstić information content (AvgIpc) is 3.48. The normalized spacial score (nSPS) is 15.1. The van der Waals surface area contributed by atoms with E-state index >= 15 is 0 Å². The lowest BCUT2D eigenvalue weighted by atomic mass is 9.87. The summed E-state index contributed by atoms with van der Waals surface area (Å²) >= 11 is 0. The van der Waals surface area contributed by atoms with Gasteiger partial charge in [0.25, 0.3) is 0 Å². The Morgan fingerprint density at radius 1 is 1.25 bits per heavy atom. The summed E-state index contributed by atoms with van der Waals surface area (Å²) in [6.07, 6.45) is 7.38. The van der Waals surface area contributed by atoms with Crippen molar-refractivity contribution in [3.63, 3.8) is 0 Å². The maximum Gasteiger partial charge on any atom is 0.236 e. The summed E-state index contributed by atoms with van der Waals surface area (Å²) in [5, 5.41) is 5.58. The zero-order chi connectivity index (χ0) is 25.6. The lowest BCUT2D eigenvalue weighted by Gasteiger charge is -2.33. The molecule has 9 nitrogen and oxygen atoms in total. The van der Waals surface area contributed by atoms with E-state index in [1.165, 1.54) is 22.8 Å². The largest absolute Gasteiger partial charge is 0.493 e. The lowest BCUT2D eigenvalue weighted by molar-refractivity contribution is -0.132. The molecule has 0 aliphatic carbocycles. The molecule has 0 bridgehead atoms. The second-order valence-electron chi connectivity index (χ2n) is 10.3. The van der Waals surface area contributed by atoms with Crippen molar-refractivity contribution in [2.75, 3.05) is 40.8 Å². The van der Waals surface area contributed by atoms with Crippen LogP contribution in [0.3, 0.4) is 0 Å². The van der Waals surface area contributed by atoms with Gasteiger partial charge in [0.05, 0.1) is 31.1 Å². The third-order valence-electron chi connectivity index (χ3n) is 7.27. The summed E-state index contributed by atoms with van der Waals surface area (Å²) in [7, 11) is 5.53. The van der Waals surface area contributed by atoms with E-state index < -0.39 is 0 Å². The summed E-state index contributed by atoms with van der Waals surface area (Å²) in [6.45, 7) is 8.67. The quantitative estimate of drug-likeness (QED) is 0.441. The average molecular weight is 490 g/mol. The molecule has 36 heavy (non-hydrogen) atoms. The maximum absolute atomic E-state index is 12.5. The fraction of sp³-hybridized carbons (Fsp3) is 0.481. The second-order valence-corrected chi connectivity index (χ2v) is 10.3. The molecule has 1 fully saturated rings. The third kappa shape index (κ3) is 4.21. The number of likely N-dealkylation sites (tertiary alicyclic amines) is 1. The van der Waals surface area contributed by atoms with Gasteiger partial charge in [0.2, 0.25) is 5.91 Å². The van der Waals surface area contributed by atoms with Gasteiger partial charge in [-0.25, -0.2) is 9.50 Å². The molecule has 5 rings (SSSR count). The molecule has 1 N–H and O–H groups in total. The minimum Gasteiger partial charge on any atom is -0.493 e. The van der Waals surface area contributed by atoms with Gasteiger partial charge < -0.3 is 19.5 Å². The molecule has 0 radical (unpaired) electrons. The fourth-order valence-corrected chi connectivity index (χ4v) is 5.57. The van der Waals surface area contributed by atoms with Crippen molar-refractivity contribution in [3.05, 3.63) is 41.6 Å². The van der Waals surface area contributed by atoms with Gasteiger partial charge in [-0.3, -0.25) is 9.78 Å². The number of rotatable bonds is 6. The number of pyridine rings is 2. The molecule has 0 spiro atoms. The van der Waals surface area contributed by atoms with Gasteiger partial charge in [0.15, 0.2) is 11.4 Å². The Balaban J connectivity index is 1.52. The van der Waals surface area contributed by atoms with Gasteiger partial charge in [-0.1, -0.05) is 13.8 Å². The summed E-state index contributed by atoms with van der Waals surface area (Å²) in [6, 6.07) is 2.02. The number of nitrogens with one attached hydrogen (secondary N) is 1. The van der Waals surface area contributed by atoms with Crippen LogP contribution in [-0.2, 0) is 4.79 Å². The fourth-order valence-electron chi connectivity index (χ4n) is 5.57. The van der Waals surface area contributed by atoms with E-state index in [4.69, 9.17) is 9.72 Å². The minimum absolute atomic E-state index is 0.204. The number of methoxy groups -OCH3 is 1. The number of nitrogens with zero attached hydrogens (tertiary/aromatic N) is 6. The van der Waals surface area contributed by atoms with Crippen molar-refractivity contribution in [3.8, 4) is 17.0 Å². The molecule has 0 saturated carbocycles. The van der Waals surface area contributed by atoms with Crippen molar-refractivity contribution in [2.24, 2.45) is 0 Å². The van der Waals surface area contributed by atoms with E-state index in [1.807, 2.05) is 42.4 Å². The molecular formula is C27H35N7O2. The number of aromatic nitrogens is 5. The SMILES string of the molecule is COc1cc(-c2[nH]c3cnc(C4CCN(C(=O)CN(C)C)CC4)c(C)c3c2C(C)C)cn2ncnc12. The lowest BCUT2D eigenvalue weighted by Crippen LogP contribution is -2.42. The van der Waals surface area contributed by atoms with E-state index in [9.17, 15) is 4.79 Å². The van der Waals surface area contributed by atoms with Crippen molar-refractivity contribution < 1.29 is 9.53 Å². The topological polar surface area (TPSA) is 91.7 Å². The Hall–Kier alpha value is -3.46. The van der Waals surface area contributed by atoms with Crippen LogP contribution in [0.2, 0.25) is 0 Å². The van der Waals surface area contributed by atoms with Crippen molar-refractivity contribution >= 4 is 22.5 Å². The molecule has 4 aromatic rings. The number of hydrogen-bond donors (Lipinski definition) is 1. The molecule has 4 aromatic heterocycles. The highest BCUT2D eigenvalue weighted by Crippen LogP contribution is 2.40. The van der Waals surface area contributed by atoms with E-state index in [0.717, 1.165) is 48.4 Å². The Kier molecular flexibility index (Phi) is 6.42. The van der Waals surface area contributed by atoms with Crippen LogP contribution < -0.4 is 4.74 Å². The first-order chi connectivity index (χ1) is 17.3. The summed E-state index contributed by atoms with van der Waals surface area (Å²) < 4.78 is 7.37. The molecule has 0 atom stereocenters. The number of aromatic amines is 1. The number of fused-ring (bicyclic) bond motifs is 2. The van der Waals surface area contributed by atoms with Crippen LogP contribution in [0.1, 0.15) is 55.3 Å². The Morgan fingerprint density at radius 3 is 2.67 bits per heavy atom. The molecule has 1 aliphatic rings. The molecule has 9 heteroatoms. The number of likely N-dealkylation sites (N-methyl/N-ethyl adjacent to an activating group) is 1. The molecule has 190 valence electrons. The number of aryl methyl sites for hydroxylation is 1. The molecule has 0 unspecified atom stereocenters. The molecule has 1 amide bonds. The predicted molar refractivity (Wildman–Crippen MR) is 141 cm³/mol. The Morgan fingerprint density at radius 2 is 2.00 bits per heavy atom. The zero-order valence-electron chi connectivity index (χ0n) is 22.0. The van der Waals surface area contributed by atoms with Gasteiger partial charge in [0.1, 0.15) is 6.33 Å². The van der Waals surface area contributed by atoms with Gasteiger partial charge in [-0.2, -0.15) is 5.10 Å². The maximum atomic E-state index is 12.5. The molecule has 1 aliphatic heterocycles. The van der Waals surface area contributed by atoms with Crippen LogP contribution in [0, 0.1) is 6.92 Å². The highest BCUT2D eigenvalue weighted by atomic mass is 16.5. The minimum atomic E-state index is 0.204. The summed E-state index contributed by atoms with van der Waals surface area (Å²) in [4.78, 5) is 29.3. The summed E-state index contributed by atoms with van der Waals surface area (Å²) in [5.41, 5.74) is 7.43. The van der Waals surface area contributed by atoms with Crippen LogP contribution in [0.4, 0.5) is 0 Å². The first kappa shape index (κ1) is 24.2. The highest BCUT2D eigenvalue weighted by molar-refractivity contribution is 5.94. The first-order valence-electron chi connectivity index (χ1n) is 12.6. The molecule has 0 aromatic carbocycles. The van der Waals surface area contributed by atoms with Gasteiger partial charge >= 0.3 is 0 Å². The molecule has 5 heterocycles. The number of carbonyl (C=O) groups excluding carboxylic acids is 1. The van der Waals surface area contributed by atoms with Crippen molar-refractivity contribution in [1.82, 2.24) is 34.4 Å². The van der Waals surface area contributed by atoms with Gasteiger partial charge in [-0.15, -0.1) is 0 Å². The third-order valence-corrected chi connectivity index (χ3v) is 7.27. The highest BCUT2D eigenvalue weighted by Gasteiger charge is 2.28. The smallest absolute Gasteiger partial charge is 0.236 e. The van der Waals surface area contributed by atoms with E-state index in [2.05, 4.69) is 35.8 Å². The number of H-pyrrole nitrogens is 1. The molecule has 1 saturated heterocycles. The van der Waals surface area contributed by atoms with Crippen LogP contribution in [0.25, 0.3) is 27.8 Å². The second kappa shape index (κ2) is 9.54. The Labute approximate surface area is 211 Å². The standard InChI is InChI=1S/C27H35N7O2/c1-16(2)23-24-17(3)25(18-7-9-33(10-8-18)22(35)14-32(4)5)28-12-20(24)31-26(23)19-11-21(36-6)27-29-15-30-34(27)13-19/h11-13,15-16,18,31H,7-10,14H2,1-6H3. The number of hydrogen-bond acceptors (Lipinski definition) is 6. The monoisotopic (exact) mass is 489 g/mol. The summed E-state index contributed by atoms with van der Waals surface area (Å²) in [5.74, 6) is 1.54. The predicted octanol–water partition coefficient (Wildman–Crippen LogP) is 3.98. The number of ether oxygens (including phenoxy) is 1. The van der Waals surface area contributed by atoms with Crippen molar-refractivity contribution in [2.45, 2.75) is 45.4 Å². The Bertz CT molecular complexity index is 1410. The van der Waals surface area contributed by atoms with Crippen LogP contribution in [-0.4, -0.2) is 81.1 Å². The van der Waals surface area contributed by atoms with E-state index in [-0.39, 0.29) is 5.91 Å². The van der Waals surface area contributed by atoms with Crippen LogP contribution >= 0.6 is 0 Å². The van der Waals surface area contributed by atoms with E-state index in [1.54, 1.807) is 11.6 Å². The zero-order valence-corrected chi connectivity index (χ0v) is 22.0. The molecular weight excluding hydrogens is 454 g/mol. The van der Waals surface area contributed by atoms with Gasteiger partial charge in [0, 0.05) is 41.8 Å². The van der Waals surface area contributed by atoms with Crippen molar-refractivity contribution in [1.29, 1.82) is 0 Å². The number of carbonyl (C=O) groups is 1. The van der Waals surface area contributed by atoms with Crippen LogP contribution in [0.5, 0.6) is 5.75 Å². The van der Waals surface area contributed by atoms with E-state index in [0.29, 0.717) is 29.8 Å².